The van der Waals surface area contributed by atoms with E-state index in [4.69, 9.17) is 9.47 Å². The fourth-order valence-corrected chi connectivity index (χ4v) is 2.12. The number of hydrogen-bond donors (Lipinski definition) is 0. The molecule has 0 aliphatic carbocycles. The Balaban J connectivity index is 2.33. The maximum Gasteiger partial charge on any atom is 0.410 e. The van der Waals surface area contributed by atoms with Crippen LogP contribution in [0, 0.1) is 0 Å². The van der Waals surface area contributed by atoms with Crippen LogP contribution in [0.15, 0.2) is 0 Å². The molecule has 1 aliphatic rings. The lowest BCUT2D eigenvalue weighted by Gasteiger charge is -2.26. The SMILES string of the molecule is CC(C)OCCN1CCCN(C(=O)OC(C)(C)C)CC1. The van der Waals surface area contributed by atoms with Gasteiger partial charge in [-0.1, -0.05) is 0 Å². The van der Waals surface area contributed by atoms with Crippen LogP contribution in [-0.4, -0.2) is 66.9 Å². The number of rotatable bonds is 4. The molecule has 0 bridgehead atoms. The molecule has 1 fully saturated rings. The Morgan fingerprint density at radius 2 is 1.85 bits per heavy atom. The maximum atomic E-state index is 12.0. The van der Waals surface area contributed by atoms with Crippen molar-refractivity contribution in [1.82, 2.24) is 9.80 Å². The van der Waals surface area contributed by atoms with Crippen molar-refractivity contribution in [2.45, 2.75) is 52.7 Å². The summed E-state index contributed by atoms with van der Waals surface area (Å²) in [5.41, 5.74) is -0.422. The normalized spacial score (nSPS) is 18.2. The Kier molecular flexibility index (Phi) is 6.76. The van der Waals surface area contributed by atoms with Crippen molar-refractivity contribution in [3.05, 3.63) is 0 Å². The molecule has 1 rings (SSSR count). The fraction of sp³-hybridized carbons (Fsp3) is 0.933. The van der Waals surface area contributed by atoms with Crippen molar-refractivity contribution in [3.8, 4) is 0 Å². The van der Waals surface area contributed by atoms with Gasteiger partial charge in [0.25, 0.3) is 0 Å². The second-order valence-corrected chi connectivity index (χ2v) is 6.58. The third-order valence-corrected chi connectivity index (χ3v) is 3.10. The number of carbonyl (C=O) groups excluding carboxylic acids is 1. The zero-order valence-corrected chi connectivity index (χ0v) is 13.6. The Labute approximate surface area is 123 Å². The van der Waals surface area contributed by atoms with E-state index in [0.717, 1.165) is 45.8 Å². The van der Waals surface area contributed by atoms with Gasteiger partial charge in [0, 0.05) is 26.2 Å². The number of hydrogen-bond acceptors (Lipinski definition) is 4. The van der Waals surface area contributed by atoms with Crippen molar-refractivity contribution < 1.29 is 14.3 Å². The van der Waals surface area contributed by atoms with E-state index >= 15 is 0 Å². The third kappa shape index (κ3) is 7.10. The summed E-state index contributed by atoms with van der Waals surface area (Å²) in [6.07, 6.45) is 1.07. The highest BCUT2D eigenvalue weighted by Crippen LogP contribution is 2.12. The highest BCUT2D eigenvalue weighted by Gasteiger charge is 2.24. The van der Waals surface area contributed by atoms with E-state index in [1.165, 1.54) is 0 Å². The highest BCUT2D eigenvalue weighted by atomic mass is 16.6. The molecular weight excluding hydrogens is 256 g/mol. The average Bonchev–Trinajstić information content (AvgIpc) is 2.52. The molecule has 0 aromatic heterocycles. The van der Waals surface area contributed by atoms with Gasteiger partial charge in [-0.25, -0.2) is 4.79 Å². The van der Waals surface area contributed by atoms with Gasteiger partial charge < -0.3 is 14.4 Å². The van der Waals surface area contributed by atoms with Gasteiger partial charge in [-0.05, 0) is 47.6 Å². The molecule has 0 saturated carbocycles. The van der Waals surface area contributed by atoms with Gasteiger partial charge in [-0.15, -0.1) is 0 Å². The Hall–Kier alpha value is -0.810. The van der Waals surface area contributed by atoms with Crippen molar-refractivity contribution >= 4 is 6.09 Å². The van der Waals surface area contributed by atoms with Gasteiger partial charge in [0.1, 0.15) is 5.60 Å². The summed E-state index contributed by atoms with van der Waals surface area (Å²) in [7, 11) is 0. The number of ether oxygens (including phenoxy) is 2. The number of nitrogens with zero attached hydrogens (tertiary/aromatic N) is 2. The van der Waals surface area contributed by atoms with Crippen LogP contribution in [0.1, 0.15) is 41.0 Å². The van der Waals surface area contributed by atoms with E-state index in [1.807, 2.05) is 39.5 Å². The lowest BCUT2D eigenvalue weighted by atomic mass is 10.2. The van der Waals surface area contributed by atoms with Crippen LogP contribution < -0.4 is 0 Å². The van der Waals surface area contributed by atoms with Gasteiger partial charge in [-0.2, -0.15) is 0 Å². The van der Waals surface area contributed by atoms with E-state index in [-0.39, 0.29) is 12.2 Å². The molecule has 0 atom stereocenters. The predicted molar refractivity (Wildman–Crippen MR) is 80.0 cm³/mol. The first-order valence-corrected chi connectivity index (χ1v) is 7.60. The standard InChI is InChI=1S/C15H30N2O3/c1-13(2)19-12-11-16-7-6-8-17(10-9-16)14(18)20-15(3,4)5/h13H,6-12H2,1-5H3. The van der Waals surface area contributed by atoms with Crippen molar-refractivity contribution in [2.75, 3.05) is 39.3 Å². The second kappa shape index (κ2) is 7.84. The van der Waals surface area contributed by atoms with Crippen molar-refractivity contribution in [1.29, 1.82) is 0 Å². The largest absolute Gasteiger partial charge is 0.444 e. The predicted octanol–water partition coefficient (Wildman–Crippen LogP) is 2.35. The fourth-order valence-electron chi connectivity index (χ4n) is 2.12. The summed E-state index contributed by atoms with van der Waals surface area (Å²) >= 11 is 0. The minimum Gasteiger partial charge on any atom is -0.444 e. The van der Waals surface area contributed by atoms with Crippen LogP contribution in [0.3, 0.4) is 0 Å². The zero-order valence-electron chi connectivity index (χ0n) is 13.6. The molecule has 5 heteroatoms. The summed E-state index contributed by atoms with van der Waals surface area (Å²) in [6, 6.07) is 0. The van der Waals surface area contributed by atoms with E-state index in [9.17, 15) is 4.79 Å². The zero-order chi connectivity index (χ0) is 15.2. The molecule has 5 nitrogen and oxygen atoms in total. The smallest absolute Gasteiger partial charge is 0.410 e. The first-order valence-electron chi connectivity index (χ1n) is 7.60. The van der Waals surface area contributed by atoms with Gasteiger partial charge in [-0.3, -0.25) is 4.90 Å². The Bertz CT molecular complexity index is 300. The molecule has 20 heavy (non-hydrogen) atoms. The van der Waals surface area contributed by atoms with Crippen LogP contribution >= 0.6 is 0 Å². The Morgan fingerprint density at radius 3 is 2.45 bits per heavy atom. The van der Waals surface area contributed by atoms with E-state index in [1.54, 1.807) is 0 Å². The minimum atomic E-state index is -0.422. The molecule has 0 radical (unpaired) electrons. The topological polar surface area (TPSA) is 42.0 Å². The van der Waals surface area contributed by atoms with Crippen molar-refractivity contribution in [3.63, 3.8) is 0 Å². The molecule has 0 unspecified atom stereocenters. The molecule has 0 N–H and O–H groups in total. The molecular formula is C15H30N2O3. The van der Waals surface area contributed by atoms with Crippen LogP contribution in [0.25, 0.3) is 0 Å². The molecule has 0 aromatic carbocycles. The summed E-state index contributed by atoms with van der Waals surface area (Å²) in [6.45, 7) is 14.9. The summed E-state index contributed by atoms with van der Waals surface area (Å²) in [5, 5.41) is 0. The van der Waals surface area contributed by atoms with Gasteiger partial charge in [0.15, 0.2) is 0 Å². The molecule has 0 spiro atoms. The maximum absolute atomic E-state index is 12.0. The summed E-state index contributed by atoms with van der Waals surface area (Å²) < 4.78 is 11.0. The van der Waals surface area contributed by atoms with Crippen LogP contribution in [0.4, 0.5) is 4.79 Å². The monoisotopic (exact) mass is 286 g/mol. The quantitative estimate of drug-likeness (QED) is 0.795. The molecule has 1 heterocycles. The van der Waals surface area contributed by atoms with Crippen LogP contribution in [0.2, 0.25) is 0 Å². The molecule has 1 aliphatic heterocycles. The molecule has 118 valence electrons. The lowest BCUT2D eigenvalue weighted by molar-refractivity contribution is 0.0253. The summed E-state index contributed by atoms with van der Waals surface area (Å²) in [4.78, 5) is 16.2. The van der Waals surface area contributed by atoms with Crippen LogP contribution in [-0.2, 0) is 9.47 Å². The number of carbonyl (C=O) groups is 1. The minimum absolute atomic E-state index is 0.196. The second-order valence-electron chi connectivity index (χ2n) is 6.58. The molecule has 0 aromatic rings. The van der Waals surface area contributed by atoms with Gasteiger partial charge in [0.2, 0.25) is 0 Å². The molecule has 1 amide bonds. The molecule has 1 saturated heterocycles. The number of amides is 1. The van der Waals surface area contributed by atoms with Crippen molar-refractivity contribution in [2.24, 2.45) is 0 Å². The highest BCUT2D eigenvalue weighted by molar-refractivity contribution is 5.68. The third-order valence-electron chi connectivity index (χ3n) is 3.10. The van der Waals surface area contributed by atoms with Gasteiger partial charge >= 0.3 is 6.09 Å². The first kappa shape index (κ1) is 17.2. The van der Waals surface area contributed by atoms with Crippen LogP contribution in [0.5, 0.6) is 0 Å². The van der Waals surface area contributed by atoms with E-state index in [0.29, 0.717) is 0 Å². The first-order chi connectivity index (χ1) is 9.28. The van der Waals surface area contributed by atoms with Gasteiger partial charge in [0.05, 0.1) is 12.7 Å². The average molecular weight is 286 g/mol. The van der Waals surface area contributed by atoms with E-state index < -0.39 is 5.60 Å². The Morgan fingerprint density at radius 1 is 1.15 bits per heavy atom. The lowest BCUT2D eigenvalue weighted by Crippen LogP contribution is -2.39. The van der Waals surface area contributed by atoms with E-state index in [2.05, 4.69) is 4.90 Å². The summed E-state index contributed by atoms with van der Waals surface area (Å²) in [5.74, 6) is 0.